The number of aryl methyl sites for hydroxylation is 1. The number of unbranched alkanes of at least 4 members (excludes halogenated alkanes) is 3. The van der Waals surface area contributed by atoms with Crippen molar-refractivity contribution in [2.45, 2.75) is 65.0 Å². The number of ether oxygens (including phenoxy) is 2. The van der Waals surface area contributed by atoms with Gasteiger partial charge < -0.3 is 14.4 Å². The summed E-state index contributed by atoms with van der Waals surface area (Å²) in [6.45, 7) is 11.9. The Morgan fingerprint density at radius 2 is 1.90 bits per heavy atom. The lowest BCUT2D eigenvalue weighted by Gasteiger charge is -2.26. The third-order valence-corrected chi connectivity index (χ3v) is 4.72. The quantitative estimate of drug-likeness (QED) is 0.177. The molecule has 0 fully saturated rings. The van der Waals surface area contributed by atoms with Gasteiger partial charge in [0.05, 0.1) is 17.9 Å². The number of nitrogens with zero attached hydrogens (tertiary/aromatic N) is 1. The zero-order chi connectivity index (χ0) is 23.1. The average molecular weight is 431 g/mol. The van der Waals surface area contributed by atoms with Gasteiger partial charge in [0.25, 0.3) is 5.91 Å². The molecule has 6 heteroatoms. The largest absolute Gasteiger partial charge is 0.443 e. The number of benzene rings is 1. The fourth-order valence-electron chi connectivity index (χ4n) is 3.08. The van der Waals surface area contributed by atoms with Gasteiger partial charge in [0.15, 0.2) is 0 Å². The molecule has 0 saturated heterocycles. The second-order valence-electron chi connectivity index (χ2n) is 7.53. The van der Waals surface area contributed by atoms with E-state index in [1.807, 2.05) is 18.2 Å². The Morgan fingerprint density at radius 1 is 1.16 bits per heavy atom. The molecule has 0 aliphatic rings. The van der Waals surface area contributed by atoms with E-state index in [0.717, 1.165) is 44.1 Å². The van der Waals surface area contributed by atoms with Crippen LogP contribution in [0.4, 0.5) is 5.69 Å². The number of rotatable bonds is 16. The SMILES string of the molecule is C=CCCCCc1ccc(C(=O)OC(C)N)c(N(CCCC)C(=O)COCCC=C)c1. The van der Waals surface area contributed by atoms with Gasteiger partial charge in [-0.15, -0.1) is 13.2 Å². The Kier molecular flexibility index (Phi) is 13.2. The van der Waals surface area contributed by atoms with E-state index < -0.39 is 12.2 Å². The molecular formula is C25H38N2O4. The predicted molar refractivity (Wildman–Crippen MR) is 126 cm³/mol. The highest BCUT2D eigenvalue weighted by molar-refractivity contribution is 6.03. The molecule has 1 unspecified atom stereocenters. The zero-order valence-electron chi connectivity index (χ0n) is 19.1. The Balaban J connectivity index is 3.20. The van der Waals surface area contributed by atoms with Crippen molar-refractivity contribution in [2.24, 2.45) is 5.73 Å². The average Bonchev–Trinajstić information content (AvgIpc) is 2.74. The minimum Gasteiger partial charge on any atom is -0.443 e. The number of hydrogen-bond acceptors (Lipinski definition) is 5. The van der Waals surface area contributed by atoms with Crippen molar-refractivity contribution >= 4 is 17.6 Å². The van der Waals surface area contributed by atoms with Crippen molar-refractivity contribution in [3.63, 3.8) is 0 Å². The number of esters is 1. The summed E-state index contributed by atoms with van der Waals surface area (Å²) in [6, 6.07) is 5.56. The van der Waals surface area contributed by atoms with Gasteiger partial charge in [-0.25, -0.2) is 4.79 Å². The molecule has 0 aliphatic heterocycles. The molecule has 172 valence electrons. The second kappa shape index (κ2) is 15.4. The van der Waals surface area contributed by atoms with Crippen LogP contribution in [0.2, 0.25) is 0 Å². The Bertz CT molecular complexity index is 715. The molecule has 0 radical (unpaired) electrons. The molecule has 1 aromatic carbocycles. The molecule has 0 saturated carbocycles. The number of allylic oxidation sites excluding steroid dienone is 1. The normalized spacial score (nSPS) is 11.6. The van der Waals surface area contributed by atoms with E-state index in [1.165, 1.54) is 0 Å². The topological polar surface area (TPSA) is 81.9 Å². The third kappa shape index (κ3) is 9.94. The first kappa shape index (κ1) is 26.6. The third-order valence-electron chi connectivity index (χ3n) is 4.72. The van der Waals surface area contributed by atoms with Gasteiger partial charge in [-0.3, -0.25) is 10.5 Å². The standard InChI is InChI=1S/C25H38N2O4/c1-5-8-11-12-13-21-14-15-22(25(29)31-20(4)26)23(18-21)27(16-9-6-2)24(28)19-30-17-10-7-3/h5,7,14-15,18,20H,1,3,6,8-13,16-17,19,26H2,2,4H3. The number of anilines is 1. The summed E-state index contributed by atoms with van der Waals surface area (Å²) in [7, 11) is 0. The molecule has 0 bridgehead atoms. The second-order valence-corrected chi connectivity index (χ2v) is 7.53. The van der Waals surface area contributed by atoms with Crippen molar-refractivity contribution in [3.8, 4) is 0 Å². The molecule has 0 aliphatic carbocycles. The van der Waals surface area contributed by atoms with E-state index >= 15 is 0 Å². The van der Waals surface area contributed by atoms with Crippen LogP contribution < -0.4 is 10.6 Å². The van der Waals surface area contributed by atoms with Crippen molar-refractivity contribution in [3.05, 3.63) is 54.6 Å². The van der Waals surface area contributed by atoms with Crippen LogP contribution in [0.3, 0.4) is 0 Å². The molecule has 1 aromatic rings. The van der Waals surface area contributed by atoms with Crippen LogP contribution in [0.25, 0.3) is 0 Å². The lowest BCUT2D eigenvalue weighted by Crippen LogP contribution is -2.36. The van der Waals surface area contributed by atoms with Gasteiger partial charge >= 0.3 is 5.97 Å². The van der Waals surface area contributed by atoms with Crippen molar-refractivity contribution in [1.82, 2.24) is 0 Å². The number of hydrogen-bond donors (Lipinski definition) is 1. The zero-order valence-corrected chi connectivity index (χ0v) is 19.1. The minimum atomic E-state index is -0.735. The summed E-state index contributed by atoms with van der Waals surface area (Å²) in [4.78, 5) is 27.3. The molecule has 0 spiro atoms. The van der Waals surface area contributed by atoms with Crippen LogP contribution in [0.1, 0.15) is 68.3 Å². The van der Waals surface area contributed by atoms with E-state index in [0.29, 0.717) is 30.8 Å². The lowest BCUT2D eigenvalue weighted by molar-refractivity contribution is -0.123. The van der Waals surface area contributed by atoms with Crippen molar-refractivity contribution < 1.29 is 19.1 Å². The highest BCUT2D eigenvalue weighted by atomic mass is 16.6. The summed E-state index contributed by atoms with van der Waals surface area (Å²) in [6.07, 6.45) is 9.20. The summed E-state index contributed by atoms with van der Waals surface area (Å²) in [5.41, 5.74) is 7.61. The number of carbonyl (C=O) groups excluding carboxylic acids is 2. The minimum absolute atomic E-state index is 0.0527. The molecule has 31 heavy (non-hydrogen) atoms. The lowest BCUT2D eigenvalue weighted by atomic mass is 10.0. The summed E-state index contributed by atoms with van der Waals surface area (Å²) in [5, 5.41) is 0. The van der Waals surface area contributed by atoms with Gasteiger partial charge in [-0.2, -0.15) is 0 Å². The van der Waals surface area contributed by atoms with E-state index in [9.17, 15) is 9.59 Å². The van der Waals surface area contributed by atoms with Crippen LogP contribution in [-0.2, 0) is 20.7 Å². The van der Waals surface area contributed by atoms with Crippen LogP contribution >= 0.6 is 0 Å². The summed E-state index contributed by atoms with van der Waals surface area (Å²) in [5.74, 6) is -0.721. The van der Waals surface area contributed by atoms with Crippen LogP contribution in [0.15, 0.2) is 43.5 Å². The maximum absolute atomic E-state index is 13.0. The van der Waals surface area contributed by atoms with Gasteiger partial charge in [0.2, 0.25) is 0 Å². The van der Waals surface area contributed by atoms with Gasteiger partial charge in [-0.05, 0) is 63.1 Å². The first-order valence-electron chi connectivity index (χ1n) is 11.1. The highest BCUT2D eigenvalue weighted by Crippen LogP contribution is 2.26. The smallest absolute Gasteiger partial charge is 0.341 e. The monoisotopic (exact) mass is 430 g/mol. The number of carbonyl (C=O) groups is 2. The fourth-order valence-corrected chi connectivity index (χ4v) is 3.08. The van der Waals surface area contributed by atoms with Crippen LogP contribution in [0.5, 0.6) is 0 Å². The van der Waals surface area contributed by atoms with E-state index in [-0.39, 0.29) is 12.5 Å². The highest BCUT2D eigenvalue weighted by Gasteiger charge is 2.23. The van der Waals surface area contributed by atoms with Gasteiger partial charge in [0, 0.05) is 6.54 Å². The Morgan fingerprint density at radius 3 is 2.55 bits per heavy atom. The maximum atomic E-state index is 13.0. The first-order chi connectivity index (χ1) is 14.9. The van der Waals surface area contributed by atoms with Gasteiger partial charge in [0.1, 0.15) is 12.8 Å². The molecule has 2 N–H and O–H groups in total. The molecule has 1 amide bonds. The summed E-state index contributed by atoms with van der Waals surface area (Å²) < 4.78 is 10.7. The molecule has 1 rings (SSSR count). The van der Waals surface area contributed by atoms with Crippen molar-refractivity contribution in [1.29, 1.82) is 0 Å². The molecular weight excluding hydrogens is 392 g/mol. The fraction of sp³-hybridized carbons (Fsp3) is 0.520. The van der Waals surface area contributed by atoms with E-state index in [4.69, 9.17) is 15.2 Å². The Labute approximate surface area is 187 Å². The van der Waals surface area contributed by atoms with E-state index in [1.54, 1.807) is 24.0 Å². The Hall–Kier alpha value is -2.44. The molecule has 0 aromatic heterocycles. The van der Waals surface area contributed by atoms with Crippen LogP contribution in [-0.4, -0.2) is 37.9 Å². The molecule has 6 nitrogen and oxygen atoms in total. The molecule has 0 heterocycles. The number of nitrogens with two attached hydrogens (primary N) is 1. The van der Waals surface area contributed by atoms with Crippen LogP contribution in [0, 0.1) is 0 Å². The maximum Gasteiger partial charge on any atom is 0.341 e. The van der Waals surface area contributed by atoms with Gasteiger partial charge in [-0.1, -0.05) is 31.6 Å². The summed E-state index contributed by atoms with van der Waals surface area (Å²) >= 11 is 0. The van der Waals surface area contributed by atoms with Crippen molar-refractivity contribution in [2.75, 3.05) is 24.7 Å². The molecule has 1 atom stereocenters. The first-order valence-corrected chi connectivity index (χ1v) is 11.1. The predicted octanol–water partition coefficient (Wildman–Crippen LogP) is 4.77. The van der Waals surface area contributed by atoms with E-state index in [2.05, 4.69) is 20.1 Å². The number of amides is 1.